The Balaban J connectivity index is 4.73. The van der Waals surface area contributed by atoms with Crippen molar-refractivity contribution in [3.05, 3.63) is 0 Å². The lowest BCUT2D eigenvalue weighted by Crippen LogP contribution is -2.42. The monoisotopic (exact) mass is 280 g/mol. The summed E-state index contributed by atoms with van der Waals surface area (Å²) >= 11 is 0. The smallest absolute Gasteiger partial charge is 0.270 e. The van der Waals surface area contributed by atoms with Crippen molar-refractivity contribution in [3.63, 3.8) is 0 Å². The van der Waals surface area contributed by atoms with Crippen molar-refractivity contribution in [2.24, 2.45) is 0 Å². The Morgan fingerprint density at radius 2 is 1.44 bits per heavy atom. The van der Waals surface area contributed by atoms with Gasteiger partial charge in [-0.2, -0.15) is 21.6 Å². The van der Waals surface area contributed by atoms with Gasteiger partial charge in [0.15, 0.2) is 0 Å². The van der Waals surface area contributed by atoms with Gasteiger partial charge in [0.05, 0.1) is 0 Å². The molecule has 0 saturated heterocycles. The Hall–Kier alpha value is -0.123. The fourth-order valence-electron chi connectivity index (χ4n) is 0.293. The minimum absolute atomic E-state index is 0.450. The van der Waals surface area contributed by atoms with Gasteiger partial charge in [-0.15, -0.1) is 4.33 Å². The lowest BCUT2D eigenvalue weighted by molar-refractivity contribution is -0.140. The van der Waals surface area contributed by atoms with Gasteiger partial charge in [0.25, 0.3) is 0 Å². The van der Waals surface area contributed by atoms with Gasteiger partial charge in [-0.3, -0.25) is 4.58 Å². The second-order valence-electron chi connectivity index (χ2n) is 4.81. The van der Waals surface area contributed by atoms with Crippen LogP contribution < -0.4 is 0 Å². The highest BCUT2D eigenvalue weighted by molar-refractivity contribution is 7.87. The second kappa shape index (κ2) is 4.28. The number of hydrogen-bond acceptors (Lipinski definition) is 4. The van der Waals surface area contributed by atoms with E-state index in [0.717, 1.165) is 0 Å². The molecule has 0 saturated carbocycles. The van der Waals surface area contributed by atoms with Crippen LogP contribution in [0, 0.1) is 0 Å². The first-order chi connectivity index (χ1) is 6.71. The van der Waals surface area contributed by atoms with Crippen LogP contribution in [-0.4, -0.2) is 22.2 Å². The van der Waals surface area contributed by atoms with Crippen LogP contribution >= 0.6 is 0 Å². The lowest BCUT2D eigenvalue weighted by Gasteiger charge is -2.33. The second-order valence-corrected chi connectivity index (χ2v) is 11.0. The highest BCUT2D eigenvalue weighted by atomic mass is 32.2. The molecule has 0 N–H and O–H groups in total. The molecule has 0 aliphatic rings. The van der Waals surface area contributed by atoms with Crippen LogP contribution in [0.3, 0.4) is 0 Å². The number of halogens is 3. The summed E-state index contributed by atoms with van der Waals surface area (Å²) in [5, 5.41) is -0.450. The molecule has 9 heteroatoms. The Bertz CT molecular complexity index is 342. The Morgan fingerprint density at radius 1 is 1.06 bits per heavy atom. The zero-order chi connectivity index (χ0) is 13.4. The van der Waals surface area contributed by atoms with E-state index >= 15 is 0 Å². The van der Waals surface area contributed by atoms with E-state index in [1.165, 1.54) is 0 Å². The Morgan fingerprint density at radius 3 is 1.69 bits per heavy atom. The largest absolute Gasteiger partial charge is 0.525 e. The zero-order valence-corrected chi connectivity index (χ0v) is 11.5. The third-order valence-electron chi connectivity index (χ3n) is 2.42. The van der Waals surface area contributed by atoms with Crippen molar-refractivity contribution in [2.45, 2.75) is 44.4 Å². The van der Waals surface area contributed by atoms with Crippen LogP contribution in [-0.2, 0) is 19.0 Å². The van der Waals surface area contributed by atoms with Crippen molar-refractivity contribution in [2.75, 3.05) is 0 Å². The van der Waals surface area contributed by atoms with Gasteiger partial charge in [-0.05, 0) is 18.1 Å². The molecule has 0 heterocycles. The molecular weight excluding hydrogens is 265 g/mol. The number of alkyl halides is 3. The first-order valence-corrected chi connectivity index (χ1v) is 8.71. The minimum Gasteiger partial charge on any atom is -0.270 e. The average molecular weight is 280 g/mol. The fourth-order valence-corrected chi connectivity index (χ4v) is 1.66. The molecule has 0 spiro atoms. The van der Waals surface area contributed by atoms with E-state index in [0.29, 0.717) is 0 Å². The van der Waals surface area contributed by atoms with Crippen LogP contribution in [0.2, 0.25) is 18.1 Å². The van der Waals surface area contributed by atoms with E-state index in [9.17, 15) is 21.6 Å². The van der Waals surface area contributed by atoms with Gasteiger partial charge in [-0.25, -0.2) is 0 Å². The van der Waals surface area contributed by atoms with Crippen LogP contribution in [0.15, 0.2) is 0 Å². The normalized spacial score (nSPS) is 15.2. The molecule has 0 aromatic rings. The molecule has 4 nitrogen and oxygen atoms in total. The van der Waals surface area contributed by atoms with Crippen LogP contribution in [0.4, 0.5) is 13.2 Å². The van der Waals surface area contributed by atoms with E-state index < -0.39 is 29.0 Å². The van der Waals surface area contributed by atoms with Crippen LogP contribution in [0.5, 0.6) is 0 Å². The summed E-state index contributed by atoms with van der Waals surface area (Å²) in [6.07, 6.45) is 0. The minimum atomic E-state index is -5.68. The maximum atomic E-state index is 11.9. The van der Waals surface area contributed by atoms with Crippen LogP contribution in [0.25, 0.3) is 0 Å². The van der Waals surface area contributed by atoms with Gasteiger partial charge in [0.2, 0.25) is 8.32 Å². The third-order valence-corrected chi connectivity index (χ3v) is 7.47. The molecule has 0 aromatic carbocycles. The quantitative estimate of drug-likeness (QED) is 0.345. The summed E-state index contributed by atoms with van der Waals surface area (Å²) in [5.74, 6) is 0. The first-order valence-electron chi connectivity index (χ1n) is 4.39. The molecule has 0 bridgehead atoms. The van der Waals surface area contributed by atoms with E-state index in [-0.39, 0.29) is 0 Å². The highest BCUT2D eigenvalue weighted by Crippen LogP contribution is 2.37. The van der Waals surface area contributed by atoms with Gasteiger partial charge >= 0.3 is 15.6 Å². The predicted molar refractivity (Wildman–Crippen MR) is 54.3 cm³/mol. The molecule has 0 fully saturated rings. The van der Waals surface area contributed by atoms with Gasteiger partial charge in [-0.1, -0.05) is 20.8 Å². The van der Waals surface area contributed by atoms with E-state index in [2.05, 4.69) is 8.91 Å². The zero-order valence-electron chi connectivity index (χ0n) is 9.68. The highest BCUT2D eigenvalue weighted by Gasteiger charge is 2.50. The molecule has 0 rings (SSSR count). The summed E-state index contributed by atoms with van der Waals surface area (Å²) in [4.78, 5) is 0. The van der Waals surface area contributed by atoms with Gasteiger partial charge in [0.1, 0.15) is 0 Å². The molecule has 16 heavy (non-hydrogen) atoms. The average Bonchev–Trinajstić information content (AvgIpc) is 1.97. The maximum absolute atomic E-state index is 11.9. The summed E-state index contributed by atoms with van der Waals surface area (Å²) in [7, 11) is -8.37. The maximum Gasteiger partial charge on any atom is 0.525 e. The molecule has 0 aliphatic carbocycles. The topological polar surface area (TPSA) is 52.6 Å². The van der Waals surface area contributed by atoms with Crippen molar-refractivity contribution in [3.8, 4) is 0 Å². The van der Waals surface area contributed by atoms with Gasteiger partial charge < -0.3 is 0 Å². The molecule has 0 aromatic heterocycles. The number of hydrogen-bond donors (Lipinski definition) is 0. The third kappa shape index (κ3) is 3.72. The summed E-state index contributed by atoms with van der Waals surface area (Å²) in [6, 6.07) is 0. The lowest BCUT2D eigenvalue weighted by atomic mass is 10.2. The Kier molecular flexibility index (Phi) is 4.25. The first kappa shape index (κ1) is 15.9. The predicted octanol–water partition coefficient (Wildman–Crippen LogP) is 2.79. The van der Waals surface area contributed by atoms with Crippen LogP contribution in [0.1, 0.15) is 20.8 Å². The molecule has 0 aliphatic heterocycles. The Labute approximate surface area is 93.9 Å². The standard InChI is InChI=1S/C7H15F3O4SSi/c1-6(2,3)16(4,5)14-13-15(11,12)7(8,9)10/h1-5H3. The van der Waals surface area contributed by atoms with Crippen molar-refractivity contribution < 1.29 is 30.5 Å². The number of rotatable bonds is 3. The summed E-state index contributed by atoms with van der Waals surface area (Å²) < 4.78 is 65.0. The molecule has 98 valence electrons. The molecule has 0 radical (unpaired) electrons. The van der Waals surface area contributed by atoms with Crippen molar-refractivity contribution in [1.29, 1.82) is 0 Å². The molecule has 0 amide bonds. The summed E-state index contributed by atoms with van der Waals surface area (Å²) in [6.45, 7) is 8.35. The SMILES string of the molecule is CC(C)(C)[Si](C)(C)OOS(=O)(=O)C(F)(F)F. The van der Waals surface area contributed by atoms with Crippen molar-refractivity contribution >= 4 is 18.4 Å². The molecule has 0 atom stereocenters. The van der Waals surface area contributed by atoms with E-state index in [1.54, 1.807) is 33.9 Å². The molecular formula is C7H15F3O4SSi. The van der Waals surface area contributed by atoms with E-state index in [4.69, 9.17) is 0 Å². The van der Waals surface area contributed by atoms with E-state index in [1.807, 2.05) is 0 Å². The fraction of sp³-hybridized carbons (Fsp3) is 1.00. The van der Waals surface area contributed by atoms with Crippen molar-refractivity contribution in [1.82, 2.24) is 0 Å². The molecule has 0 unspecified atom stereocenters. The van der Waals surface area contributed by atoms with Gasteiger partial charge in [0, 0.05) is 0 Å². The summed E-state index contributed by atoms with van der Waals surface area (Å²) in [5.41, 5.74) is -5.46.